The molecule has 38 heavy (non-hydrogen) atoms. The molecule has 3 aromatic rings. The number of halogens is 5. The van der Waals surface area contributed by atoms with E-state index in [4.69, 9.17) is 4.99 Å². The standard InChI is InChI=1S/C29H23F5N4/c1-28(2)15-6-5-7-16(12-15)29(3,4)36-14-18-9-11-20(38-18)21(19-10-8-17(37-19)13-35-28)22-23(30)25(32)27(34)26(33)24(22)31/h5-14,37H,1-4H3. The van der Waals surface area contributed by atoms with Crippen LogP contribution >= 0.6 is 0 Å². The van der Waals surface area contributed by atoms with Crippen molar-refractivity contribution in [2.24, 2.45) is 15.0 Å². The van der Waals surface area contributed by atoms with E-state index < -0.39 is 45.7 Å². The smallest absolute Gasteiger partial charge is 0.200 e. The number of rotatable bonds is 1. The highest BCUT2D eigenvalue weighted by atomic mass is 19.2. The Morgan fingerprint density at radius 3 is 1.89 bits per heavy atom. The quantitative estimate of drug-likeness (QED) is 0.200. The molecule has 0 amide bonds. The second kappa shape index (κ2) is 9.01. The van der Waals surface area contributed by atoms with Gasteiger partial charge in [-0.1, -0.05) is 24.3 Å². The Morgan fingerprint density at radius 2 is 1.26 bits per heavy atom. The number of aromatic amines is 1. The fraction of sp³-hybridized carbons (Fsp3) is 0.207. The lowest BCUT2D eigenvalue weighted by atomic mass is 9.88. The van der Waals surface area contributed by atoms with Crippen molar-refractivity contribution in [1.82, 2.24) is 4.98 Å². The molecule has 2 aliphatic heterocycles. The van der Waals surface area contributed by atoms with Crippen LogP contribution in [0.15, 0.2) is 69.2 Å². The number of allylic oxidation sites excluding steroid dienone is 2. The van der Waals surface area contributed by atoms with Crippen molar-refractivity contribution >= 4 is 23.7 Å². The van der Waals surface area contributed by atoms with Gasteiger partial charge in [0.2, 0.25) is 5.82 Å². The molecule has 1 aromatic heterocycles. The fourth-order valence-corrected chi connectivity index (χ4v) is 4.34. The van der Waals surface area contributed by atoms with Crippen molar-refractivity contribution in [3.63, 3.8) is 0 Å². The molecule has 2 aliphatic rings. The summed E-state index contributed by atoms with van der Waals surface area (Å²) in [5.74, 6) is -10.2. The van der Waals surface area contributed by atoms with Crippen LogP contribution < -0.4 is 0 Å². The molecule has 194 valence electrons. The fourth-order valence-electron chi connectivity index (χ4n) is 4.34. The van der Waals surface area contributed by atoms with E-state index in [2.05, 4.69) is 15.0 Å². The highest BCUT2D eigenvalue weighted by Gasteiger charge is 2.31. The molecule has 0 saturated carbocycles. The zero-order valence-corrected chi connectivity index (χ0v) is 21.0. The number of aliphatic imine (C=N–C) groups is 3. The van der Waals surface area contributed by atoms with Gasteiger partial charge in [0.1, 0.15) is 0 Å². The molecule has 5 rings (SSSR count). The average molecular weight is 523 g/mol. The van der Waals surface area contributed by atoms with Crippen LogP contribution in [-0.2, 0) is 11.1 Å². The van der Waals surface area contributed by atoms with Gasteiger partial charge in [-0.2, -0.15) is 0 Å². The number of aromatic nitrogens is 1. The summed E-state index contributed by atoms with van der Waals surface area (Å²) in [5.41, 5.74) is 0.128. The minimum atomic E-state index is -2.23. The van der Waals surface area contributed by atoms with Crippen LogP contribution in [0.4, 0.5) is 22.0 Å². The van der Waals surface area contributed by atoms with Gasteiger partial charge in [0.15, 0.2) is 23.3 Å². The number of hydrogen-bond acceptors (Lipinski definition) is 3. The van der Waals surface area contributed by atoms with Crippen LogP contribution in [0.25, 0.3) is 5.57 Å². The van der Waals surface area contributed by atoms with Gasteiger partial charge < -0.3 is 4.98 Å². The van der Waals surface area contributed by atoms with E-state index in [0.717, 1.165) is 11.1 Å². The molecular formula is C29H23F5N4. The lowest BCUT2D eigenvalue weighted by Crippen LogP contribution is -2.19. The topological polar surface area (TPSA) is 52.9 Å². The molecule has 0 fully saturated rings. The number of fused-ring (bicyclic) bond motifs is 5. The molecule has 9 heteroatoms. The van der Waals surface area contributed by atoms with Gasteiger partial charge in [-0.25, -0.2) is 26.9 Å². The van der Waals surface area contributed by atoms with Crippen LogP contribution in [0.3, 0.4) is 0 Å². The second-order valence-electron chi connectivity index (χ2n) is 10.1. The molecule has 6 bridgehead atoms. The van der Waals surface area contributed by atoms with Crippen LogP contribution in [-0.4, -0.2) is 23.1 Å². The summed E-state index contributed by atoms with van der Waals surface area (Å²) in [4.78, 5) is 16.8. The van der Waals surface area contributed by atoms with E-state index in [1.807, 2.05) is 52.0 Å². The van der Waals surface area contributed by atoms with E-state index in [1.165, 1.54) is 18.4 Å². The van der Waals surface area contributed by atoms with Gasteiger partial charge in [-0.3, -0.25) is 9.98 Å². The van der Waals surface area contributed by atoms with Gasteiger partial charge in [0.05, 0.1) is 33.7 Å². The molecule has 0 unspecified atom stereocenters. The maximum atomic E-state index is 15.0. The largest absolute Gasteiger partial charge is 0.354 e. The van der Waals surface area contributed by atoms with Crippen molar-refractivity contribution in [1.29, 1.82) is 0 Å². The molecule has 4 nitrogen and oxygen atoms in total. The van der Waals surface area contributed by atoms with Crippen LogP contribution in [0, 0.1) is 29.1 Å². The lowest BCUT2D eigenvalue weighted by Gasteiger charge is -2.25. The van der Waals surface area contributed by atoms with E-state index in [-0.39, 0.29) is 17.0 Å². The van der Waals surface area contributed by atoms with Crippen LogP contribution in [0.2, 0.25) is 0 Å². The molecule has 3 heterocycles. The first-order valence-corrected chi connectivity index (χ1v) is 11.8. The van der Waals surface area contributed by atoms with E-state index in [0.29, 0.717) is 11.4 Å². The third-order valence-electron chi connectivity index (χ3n) is 6.68. The van der Waals surface area contributed by atoms with Crippen LogP contribution in [0.1, 0.15) is 55.8 Å². The predicted molar refractivity (Wildman–Crippen MR) is 138 cm³/mol. The summed E-state index contributed by atoms with van der Waals surface area (Å²) in [6.07, 6.45) is 6.08. The van der Waals surface area contributed by atoms with Crippen molar-refractivity contribution < 1.29 is 22.0 Å². The summed E-state index contributed by atoms with van der Waals surface area (Å²) < 4.78 is 72.2. The van der Waals surface area contributed by atoms with Gasteiger partial charge in [-0.05, 0) is 63.1 Å². The van der Waals surface area contributed by atoms with E-state index in [1.54, 1.807) is 18.4 Å². The summed E-state index contributed by atoms with van der Waals surface area (Å²) >= 11 is 0. The molecule has 1 N–H and O–H groups in total. The first kappa shape index (κ1) is 25.5. The third-order valence-corrected chi connectivity index (χ3v) is 6.68. The molecule has 0 radical (unpaired) electrons. The van der Waals surface area contributed by atoms with Crippen molar-refractivity contribution in [3.8, 4) is 0 Å². The minimum Gasteiger partial charge on any atom is -0.354 e. The van der Waals surface area contributed by atoms with Gasteiger partial charge in [0.25, 0.3) is 0 Å². The molecule has 0 saturated heterocycles. The zero-order chi connectivity index (χ0) is 27.4. The maximum absolute atomic E-state index is 15.0. The predicted octanol–water partition coefficient (Wildman–Crippen LogP) is 7.15. The lowest BCUT2D eigenvalue weighted by molar-refractivity contribution is 0.376. The summed E-state index contributed by atoms with van der Waals surface area (Å²) in [7, 11) is 0. The normalized spacial score (nSPS) is 17.8. The molecule has 2 aromatic carbocycles. The van der Waals surface area contributed by atoms with Crippen molar-refractivity contribution in [3.05, 3.63) is 111 Å². The Balaban J connectivity index is 1.79. The van der Waals surface area contributed by atoms with Crippen molar-refractivity contribution in [2.45, 2.75) is 38.8 Å². The zero-order valence-electron chi connectivity index (χ0n) is 21.0. The molecular weight excluding hydrogens is 499 g/mol. The number of nitrogens with zero attached hydrogens (tertiary/aromatic N) is 3. The highest BCUT2D eigenvalue weighted by Crippen LogP contribution is 2.36. The Kier molecular flexibility index (Phi) is 6.04. The number of benzene rings is 2. The minimum absolute atomic E-state index is 0.00669. The summed E-state index contributed by atoms with van der Waals surface area (Å²) in [6, 6.07) is 11.0. The maximum Gasteiger partial charge on any atom is 0.200 e. The van der Waals surface area contributed by atoms with E-state index >= 15 is 0 Å². The SMILES string of the molecule is CC1(C)N=CC2=NC(=C(c3c(F)c(F)c(F)c(F)c3F)c3ccc([nH]3)C=NC(C)(C)c3cccc1c3)C=C2. The van der Waals surface area contributed by atoms with Gasteiger partial charge >= 0.3 is 0 Å². The monoisotopic (exact) mass is 522 g/mol. The first-order valence-electron chi connectivity index (χ1n) is 11.8. The molecule has 0 spiro atoms. The number of hydrogen-bond donors (Lipinski definition) is 1. The van der Waals surface area contributed by atoms with Gasteiger partial charge in [0, 0.05) is 23.7 Å². The second-order valence-corrected chi connectivity index (χ2v) is 10.1. The van der Waals surface area contributed by atoms with Crippen LogP contribution in [0.5, 0.6) is 0 Å². The first-order chi connectivity index (χ1) is 17.9. The number of nitrogens with one attached hydrogen (secondary N) is 1. The summed E-state index contributed by atoms with van der Waals surface area (Å²) in [6.45, 7) is 7.73. The third kappa shape index (κ3) is 4.31. The molecule has 0 atom stereocenters. The van der Waals surface area contributed by atoms with E-state index in [9.17, 15) is 22.0 Å². The summed E-state index contributed by atoms with van der Waals surface area (Å²) in [5, 5.41) is 0. The highest BCUT2D eigenvalue weighted by molar-refractivity contribution is 6.37. The Hall–Kier alpha value is -4.14. The average Bonchev–Trinajstić information content (AvgIpc) is 3.56. The van der Waals surface area contributed by atoms with Gasteiger partial charge in [-0.15, -0.1) is 0 Å². The number of H-pyrrole nitrogens is 1. The Bertz CT molecular complexity index is 1590. The Morgan fingerprint density at radius 1 is 0.684 bits per heavy atom. The van der Waals surface area contributed by atoms with Crippen molar-refractivity contribution in [2.75, 3.05) is 0 Å². The Labute approximate surface area is 216 Å². The molecule has 0 aliphatic carbocycles.